The zero-order valence-corrected chi connectivity index (χ0v) is 9.88. The van der Waals surface area contributed by atoms with Crippen molar-refractivity contribution in [2.45, 2.75) is 6.92 Å². The van der Waals surface area contributed by atoms with Crippen LogP contribution in [0.1, 0.15) is 16.6 Å². The van der Waals surface area contributed by atoms with E-state index < -0.39 is 5.97 Å². The Morgan fingerprint density at radius 1 is 1.59 bits per heavy atom. The van der Waals surface area contributed by atoms with Gasteiger partial charge in [0.05, 0.1) is 6.61 Å². The van der Waals surface area contributed by atoms with Gasteiger partial charge in [0.25, 0.3) is 0 Å². The van der Waals surface area contributed by atoms with Crippen LogP contribution < -0.4 is 0 Å². The number of aromatic nitrogens is 1. The molecule has 1 aromatic heterocycles. The Hall–Kier alpha value is -1.75. The van der Waals surface area contributed by atoms with Gasteiger partial charge >= 0.3 is 5.97 Å². The molecule has 0 atom stereocenters. The van der Waals surface area contributed by atoms with Crippen LogP contribution in [0.25, 0.3) is 10.6 Å². The molecule has 0 unspecified atom stereocenters. The normalized spacial score (nSPS) is 10.2. The first-order chi connectivity index (χ1) is 8.20. The third-order valence-corrected chi connectivity index (χ3v) is 2.97. The number of rotatable bonds is 3. The van der Waals surface area contributed by atoms with Crippen LogP contribution in [0.3, 0.4) is 0 Å². The first-order valence-corrected chi connectivity index (χ1v) is 5.84. The Morgan fingerprint density at radius 3 is 3.12 bits per heavy atom. The third kappa shape index (κ3) is 2.68. The molecule has 0 N–H and O–H groups in total. The van der Waals surface area contributed by atoms with Crippen molar-refractivity contribution >= 4 is 17.3 Å². The summed E-state index contributed by atoms with van der Waals surface area (Å²) in [6.07, 6.45) is 2.58. The lowest BCUT2D eigenvalue weighted by molar-refractivity contribution is 0.0531. The fourth-order valence-electron chi connectivity index (χ4n) is 1.27. The predicted octanol–water partition coefficient (Wildman–Crippen LogP) is 2.93. The Balaban J connectivity index is 2.27. The molecule has 0 fully saturated rings. The molecule has 0 amide bonds. The fourth-order valence-corrected chi connectivity index (χ4v) is 2.04. The standard InChI is InChI=1S/C12H9FNO2S/c1-2-16-12(15)10-7-14-11(17-10)8-4-3-5-9(13)6-8/h3-6H,2H2,1H3. The molecule has 1 radical (unpaired) electrons. The van der Waals surface area contributed by atoms with Crippen LogP contribution in [-0.4, -0.2) is 17.6 Å². The zero-order valence-electron chi connectivity index (χ0n) is 9.07. The number of hydrogen-bond donors (Lipinski definition) is 0. The monoisotopic (exact) mass is 250 g/mol. The maximum Gasteiger partial charge on any atom is 0.350 e. The van der Waals surface area contributed by atoms with Crippen molar-refractivity contribution in [1.29, 1.82) is 0 Å². The number of halogens is 1. The topological polar surface area (TPSA) is 39.2 Å². The van der Waals surface area contributed by atoms with E-state index in [1.54, 1.807) is 19.1 Å². The summed E-state index contributed by atoms with van der Waals surface area (Å²) in [6.45, 7) is 2.03. The molecule has 1 aromatic carbocycles. The van der Waals surface area contributed by atoms with E-state index in [0.717, 1.165) is 11.3 Å². The lowest BCUT2D eigenvalue weighted by Crippen LogP contribution is -2.01. The minimum atomic E-state index is -0.451. The second kappa shape index (κ2) is 5.05. The van der Waals surface area contributed by atoms with Crippen molar-refractivity contribution in [3.05, 3.63) is 41.2 Å². The van der Waals surface area contributed by atoms with Gasteiger partial charge in [0.1, 0.15) is 21.9 Å². The van der Waals surface area contributed by atoms with Gasteiger partial charge in [0.15, 0.2) is 0 Å². The maximum absolute atomic E-state index is 13.0. The maximum atomic E-state index is 13.0. The molecule has 87 valence electrons. The van der Waals surface area contributed by atoms with Crippen molar-refractivity contribution in [3.8, 4) is 10.6 Å². The number of esters is 1. The molecule has 0 spiro atoms. The highest BCUT2D eigenvalue weighted by Crippen LogP contribution is 2.25. The SMILES string of the molecule is CCOC(=O)c1[c]nc(-c2cccc(F)c2)s1. The molecule has 0 aliphatic carbocycles. The van der Waals surface area contributed by atoms with Gasteiger partial charge in [-0.2, -0.15) is 0 Å². The predicted molar refractivity (Wildman–Crippen MR) is 62.3 cm³/mol. The van der Waals surface area contributed by atoms with Gasteiger partial charge in [0, 0.05) is 5.56 Å². The van der Waals surface area contributed by atoms with Gasteiger partial charge < -0.3 is 4.74 Å². The first-order valence-electron chi connectivity index (χ1n) is 5.02. The van der Waals surface area contributed by atoms with Crippen molar-refractivity contribution in [2.75, 3.05) is 6.61 Å². The Bertz CT molecular complexity index is 539. The van der Waals surface area contributed by atoms with Crippen LogP contribution in [0.2, 0.25) is 0 Å². The summed E-state index contributed by atoms with van der Waals surface area (Å²) in [7, 11) is 0. The van der Waals surface area contributed by atoms with Crippen molar-refractivity contribution < 1.29 is 13.9 Å². The lowest BCUT2D eigenvalue weighted by atomic mass is 10.2. The summed E-state index contributed by atoms with van der Waals surface area (Å²) in [5.74, 6) is -0.789. The number of thiazole rings is 1. The number of benzene rings is 1. The van der Waals surface area contributed by atoms with E-state index in [1.165, 1.54) is 12.1 Å². The molecule has 0 aliphatic rings. The Morgan fingerprint density at radius 2 is 2.41 bits per heavy atom. The summed E-state index contributed by atoms with van der Waals surface area (Å²) in [6, 6.07) is 6.04. The molecule has 2 rings (SSSR count). The minimum absolute atomic E-state index is 0.297. The van der Waals surface area contributed by atoms with Crippen molar-refractivity contribution in [2.24, 2.45) is 0 Å². The molecular formula is C12H9FNO2S. The molecule has 0 saturated carbocycles. The third-order valence-electron chi connectivity index (χ3n) is 1.99. The van der Waals surface area contributed by atoms with E-state index in [2.05, 4.69) is 11.2 Å². The van der Waals surface area contributed by atoms with E-state index in [-0.39, 0.29) is 5.82 Å². The quantitative estimate of drug-likeness (QED) is 0.786. The summed E-state index contributed by atoms with van der Waals surface area (Å²) < 4.78 is 17.8. The number of carbonyl (C=O) groups is 1. The van der Waals surface area contributed by atoms with Crippen LogP contribution in [0.15, 0.2) is 24.3 Å². The number of nitrogens with zero attached hydrogens (tertiary/aromatic N) is 1. The van der Waals surface area contributed by atoms with Crippen molar-refractivity contribution in [3.63, 3.8) is 0 Å². The lowest BCUT2D eigenvalue weighted by Gasteiger charge is -1.96. The van der Waals surface area contributed by atoms with Crippen LogP contribution in [0.4, 0.5) is 4.39 Å². The van der Waals surface area contributed by atoms with Gasteiger partial charge in [-0.05, 0) is 19.1 Å². The molecule has 17 heavy (non-hydrogen) atoms. The average Bonchev–Trinajstić information content (AvgIpc) is 2.78. The molecule has 3 nitrogen and oxygen atoms in total. The molecule has 0 bridgehead atoms. The highest BCUT2D eigenvalue weighted by molar-refractivity contribution is 7.16. The van der Waals surface area contributed by atoms with E-state index in [9.17, 15) is 9.18 Å². The van der Waals surface area contributed by atoms with Gasteiger partial charge in [0.2, 0.25) is 0 Å². The van der Waals surface area contributed by atoms with Gasteiger partial charge in [-0.25, -0.2) is 14.2 Å². The molecule has 0 saturated heterocycles. The second-order valence-corrected chi connectivity index (χ2v) is 4.19. The largest absolute Gasteiger partial charge is 0.462 e. The van der Waals surface area contributed by atoms with Crippen molar-refractivity contribution in [1.82, 2.24) is 4.98 Å². The van der Waals surface area contributed by atoms with Gasteiger partial charge in [-0.15, -0.1) is 11.3 Å². The van der Waals surface area contributed by atoms with E-state index in [1.807, 2.05) is 0 Å². The second-order valence-electron chi connectivity index (χ2n) is 3.19. The number of hydrogen-bond acceptors (Lipinski definition) is 4. The van der Waals surface area contributed by atoms with Crippen LogP contribution in [0.5, 0.6) is 0 Å². The Kier molecular flexibility index (Phi) is 3.49. The minimum Gasteiger partial charge on any atom is -0.462 e. The zero-order chi connectivity index (χ0) is 12.3. The smallest absolute Gasteiger partial charge is 0.350 e. The molecule has 5 heteroatoms. The van der Waals surface area contributed by atoms with E-state index >= 15 is 0 Å². The first kappa shape index (κ1) is 11.7. The fraction of sp³-hybridized carbons (Fsp3) is 0.167. The van der Waals surface area contributed by atoms with E-state index in [0.29, 0.717) is 22.1 Å². The number of ether oxygens (including phenoxy) is 1. The highest BCUT2D eigenvalue weighted by atomic mass is 32.1. The van der Waals surface area contributed by atoms with Crippen LogP contribution >= 0.6 is 11.3 Å². The number of carbonyl (C=O) groups excluding carboxylic acids is 1. The summed E-state index contributed by atoms with van der Waals surface area (Å²) in [4.78, 5) is 15.7. The average molecular weight is 250 g/mol. The van der Waals surface area contributed by atoms with Gasteiger partial charge in [-0.1, -0.05) is 12.1 Å². The molecule has 0 aliphatic heterocycles. The van der Waals surface area contributed by atoms with Crippen LogP contribution in [-0.2, 0) is 4.74 Å². The van der Waals surface area contributed by atoms with Crippen LogP contribution in [0, 0.1) is 12.0 Å². The molecular weight excluding hydrogens is 241 g/mol. The summed E-state index contributed by atoms with van der Waals surface area (Å²) >= 11 is 1.13. The highest BCUT2D eigenvalue weighted by Gasteiger charge is 2.13. The molecule has 1 heterocycles. The molecule has 2 aromatic rings. The van der Waals surface area contributed by atoms with E-state index in [4.69, 9.17) is 4.74 Å². The Labute approximate surface area is 102 Å². The summed E-state index contributed by atoms with van der Waals surface area (Å²) in [5, 5.41) is 0.549. The van der Waals surface area contributed by atoms with Gasteiger partial charge in [-0.3, -0.25) is 0 Å². The summed E-state index contributed by atoms with van der Waals surface area (Å²) in [5.41, 5.74) is 0.627.